The SMILES string of the molecule is C#C.C/C(=N\OCc1cccc(C)c1)C(C)N1CCN(C)CC1.CCC.N#Cc1cccnc1. The van der Waals surface area contributed by atoms with Gasteiger partial charge in [0.15, 0.2) is 0 Å². The van der Waals surface area contributed by atoms with Crippen molar-refractivity contribution in [3.63, 3.8) is 0 Å². The maximum atomic E-state index is 8.25. The number of pyridine rings is 1. The fraction of sp³-hybridized carbons (Fsp3) is 0.464. The molecule has 1 aliphatic rings. The van der Waals surface area contributed by atoms with Gasteiger partial charge >= 0.3 is 0 Å². The van der Waals surface area contributed by atoms with Gasteiger partial charge in [-0.3, -0.25) is 9.88 Å². The van der Waals surface area contributed by atoms with Gasteiger partial charge in [-0.05, 0) is 45.5 Å². The van der Waals surface area contributed by atoms with E-state index in [1.807, 2.05) is 6.07 Å². The summed E-state index contributed by atoms with van der Waals surface area (Å²) in [6.45, 7) is 15.6. The highest BCUT2D eigenvalue weighted by Crippen LogP contribution is 2.09. The Balaban J connectivity index is 0.000000692. The van der Waals surface area contributed by atoms with E-state index in [-0.39, 0.29) is 0 Å². The lowest BCUT2D eigenvalue weighted by atomic mass is 10.1. The molecule has 34 heavy (non-hydrogen) atoms. The Labute approximate surface area is 207 Å². The Morgan fingerprint density at radius 2 is 1.82 bits per heavy atom. The molecule has 0 bridgehead atoms. The molecule has 1 aromatic carbocycles. The van der Waals surface area contributed by atoms with Crippen molar-refractivity contribution in [2.75, 3.05) is 33.2 Å². The molecule has 1 saturated heterocycles. The normalized spacial score (nSPS) is 14.5. The van der Waals surface area contributed by atoms with Crippen LogP contribution in [0.3, 0.4) is 0 Å². The van der Waals surface area contributed by atoms with E-state index in [2.05, 4.69) is 98.7 Å². The van der Waals surface area contributed by atoms with Gasteiger partial charge in [0.25, 0.3) is 0 Å². The molecule has 184 valence electrons. The lowest BCUT2D eigenvalue weighted by Gasteiger charge is -2.36. The van der Waals surface area contributed by atoms with Crippen molar-refractivity contribution in [3.05, 3.63) is 65.5 Å². The fourth-order valence-electron chi connectivity index (χ4n) is 2.99. The van der Waals surface area contributed by atoms with Crippen molar-refractivity contribution >= 4 is 5.71 Å². The molecule has 6 nitrogen and oxygen atoms in total. The molecule has 0 N–H and O–H groups in total. The molecule has 1 atom stereocenters. The minimum Gasteiger partial charge on any atom is -0.391 e. The molecule has 0 saturated carbocycles. The van der Waals surface area contributed by atoms with Gasteiger partial charge in [0.2, 0.25) is 0 Å². The van der Waals surface area contributed by atoms with Crippen LogP contribution >= 0.6 is 0 Å². The van der Waals surface area contributed by atoms with Gasteiger partial charge in [-0.15, -0.1) is 12.8 Å². The van der Waals surface area contributed by atoms with E-state index in [4.69, 9.17) is 10.1 Å². The van der Waals surface area contributed by atoms with E-state index in [0.717, 1.165) is 31.9 Å². The summed E-state index contributed by atoms with van der Waals surface area (Å²) in [5.41, 5.74) is 4.07. The van der Waals surface area contributed by atoms with Crippen molar-refractivity contribution in [2.45, 2.75) is 53.7 Å². The standard InChI is InChI=1S/C17H27N3O.C6H4N2.C3H8.C2H2/c1-14-6-5-7-17(12-14)13-21-18-15(2)16(3)20-10-8-19(4)9-11-20;7-4-6-2-1-3-8-5-6;1-3-2;1-2/h5-7,12,16H,8-11,13H2,1-4H3;1-3,5H;3H2,1-2H3;1-2H/b18-15+;;;. The lowest BCUT2D eigenvalue weighted by Crippen LogP contribution is -2.50. The van der Waals surface area contributed by atoms with E-state index >= 15 is 0 Å². The Morgan fingerprint density at radius 1 is 1.18 bits per heavy atom. The number of aromatic nitrogens is 1. The molecule has 2 heterocycles. The number of oxime groups is 1. The lowest BCUT2D eigenvalue weighted by molar-refractivity contribution is 0.118. The first kappa shape index (κ1) is 30.8. The number of nitriles is 1. The summed E-state index contributed by atoms with van der Waals surface area (Å²) in [5.74, 6) is 0. The molecule has 6 heteroatoms. The first-order valence-corrected chi connectivity index (χ1v) is 11.7. The number of aryl methyl sites for hydroxylation is 1. The van der Waals surface area contributed by atoms with Gasteiger partial charge in [0.05, 0.1) is 11.3 Å². The zero-order chi connectivity index (χ0) is 25.8. The van der Waals surface area contributed by atoms with Crippen molar-refractivity contribution in [3.8, 4) is 18.9 Å². The third-order valence-electron chi connectivity index (χ3n) is 5.00. The average molecular weight is 464 g/mol. The third kappa shape index (κ3) is 13.4. The van der Waals surface area contributed by atoms with E-state index in [9.17, 15) is 0 Å². The highest BCUT2D eigenvalue weighted by molar-refractivity contribution is 5.86. The summed E-state index contributed by atoms with van der Waals surface area (Å²) in [4.78, 5) is 14.1. The second-order valence-corrected chi connectivity index (χ2v) is 8.07. The van der Waals surface area contributed by atoms with Crippen LogP contribution in [0.5, 0.6) is 0 Å². The molecule has 3 rings (SSSR count). The number of hydrogen-bond donors (Lipinski definition) is 0. The van der Waals surface area contributed by atoms with Crippen LogP contribution in [0.15, 0.2) is 53.9 Å². The number of hydrogen-bond acceptors (Lipinski definition) is 6. The van der Waals surface area contributed by atoms with E-state index < -0.39 is 0 Å². The Kier molecular flexibility index (Phi) is 17.5. The van der Waals surface area contributed by atoms with Gasteiger partial charge in [0, 0.05) is 44.6 Å². The van der Waals surface area contributed by atoms with E-state index in [0.29, 0.717) is 18.2 Å². The summed E-state index contributed by atoms with van der Waals surface area (Å²) in [5, 5.41) is 12.6. The smallest absolute Gasteiger partial charge is 0.142 e. The second kappa shape index (κ2) is 19.3. The van der Waals surface area contributed by atoms with Crippen molar-refractivity contribution in [2.24, 2.45) is 5.16 Å². The molecule has 1 unspecified atom stereocenters. The molecule has 1 aromatic heterocycles. The number of rotatable bonds is 5. The fourth-order valence-corrected chi connectivity index (χ4v) is 2.99. The van der Waals surface area contributed by atoms with Crippen LogP contribution in [0.25, 0.3) is 0 Å². The summed E-state index contributed by atoms with van der Waals surface area (Å²) in [6, 6.07) is 14.1. The van der Waals surface area contributed by atoms with Gasteiger partial charge in [0.1, 0.15) is 12.7 Å². The van der Waals surface area contributed by atoms with Crippen LogP contribution in [-0.2, 0) is 11.4 Å². The largest absolute Gasteiger partial charge is 0.391 e. The molecule has 0 amide bonds. The number of piperazine rings is 1. The molecule has 0 spiro atoms. The van der Waals surface area contributed by atoms with Crippen LogP contribution in [0.1, 0.15) is 50.8 Å². The zero-order valence-electron chi connectivity index (χ0n) is 21.7. The molecule has 1 fully saturated rings. The molecule has 2 aromatic rings. The van der Waals surface area contributed by atoms with E-state index in [1.54, 1.807) is 18.3 Å². The molecule has 0 radical (unpaired) electrons. The van der Waals surface area contributed by atoms with Crippen molar-refractivity contribution in [1.29, 1.82) is 5.26 Å². The highest BCUT2D eigenvalue weighted by atomic mass is 16.6. The maximum Gasteiger partial charge on any atom is 0.142 e. The van der Waals surface area contributed by atoms with E-state index in [1.165, 1.54) is 23.7 Å². The predicted molar refractivity (Wildman–Crippen MR) is 142 cm³/mol. The number of likely N-dealkylation sites (N-methyl/N-ethyl adjacent to an activating group) is 1. The monoisotopic (exact) mass is 463 g/mol. The van der Waals surface area contributed by atoms with Crippen LogP contribution in [0.4, 0.5) is 0 Å². The quantitative estimate of drug-likeness (QED) is 0.349. The topological polar surface area (TPSA) is 64.8 Å². The number of nitrogens with zero attached hydrogens (tertiary/aromatic N) is 5. The second-order valence-electron chi connectivity index (χ2n) is 8.07. The molecule has 1 aliphatic heterocycles. The molecule has 0 aliphatic carbocycles. The summed E-state index contributed by atoms with van der Waals surface area (Å²) in [7, 11) is 2.17. The maximum absolute atomic E-state index is 8.25. The molecular weight excluding hydrogens is 422 g/mol. The Morgan fingerprint density at radius 3 is 2.32 bits per heavy atom. The van der Waals surface area contributed by atoms with Gasteiger partial charge in [-0.1, -0.05) is 55.3 Å². The Bertz CT molecular complexity index is 865. The minimum absolute atomic E-state index is 0.344. The third-order valence-corrected chi connectivity index (χ3v) is 5.00. The average Bonchev–Trinajstić information content (AvgIpc) is 2.87. The summed E-state index contributed by atoms with van der Waals surface area (Å²) >= 11 is 0. The van der Waals surface area contributed by atoms with Crippen LogP contribution < -0.4 is 0 Å². The highest BCUT2D eigenvalue weighted by Gasteiger charge is 2.21. The first-order chi connectivity index (χ1) is 16.4. The van der Waals surface area contributed by atoms with Crippen molar-refractivity contribution < 1.29 is 4.84 Å². The summed E-state index contributed by atoms with van der Waals surface area (Å²) in [6.07, 6.45) is 12.4. The Hall–Kier alpha value is -3.19. The van der Waals surface area contributed by atoms with Crippen molar-refractivity contribution in [1.82, 2.24) is 14.8 Å². The first-order valence-electron chi connectivity index (χ1n) is 11.7. The number of terminal acetylenes is 1. The predicted octanol–water partition coefficient (Wildman–Crippen LogP) is 5.14. The van der Waals surface area contributed by atoms with Crippen LogP contribution in [0, 0.1) is 31.1 Å². The minimum atomic E-state index is 0.344. The van der Waals surface area contributed by atoms with Gasteiger partial charge < -0.3 is 9.74 Å². The van der Waals surface area contributed by atoms with Gasteiger partial charge in [-0.2, -0.15) is 5.26 Å². The van der Waals surface area contributed by atoms with Crippen LogP contribution in [-0.4, -0.2) is 59.8 Å². The van der Waals surface area contributed by atoms with Crippen LogP contribution in [0.2, 0.25) is 0 Å². The number of benzene rings is 1. The zero-order valence-corrected chi connectivity index (χ0v) is 21.7. The summed E-state index contributed by atoms with van der Waals surface area (Å²) < 4.78 is 0. The molecular formula is C28H41N5O. The van der Waals surface area contributed by atoms with Gasteiger partial charge in [-0.25, -0.2) is 0 Å².